The van der Waals surface area contributed by atoms with E-state index in [1.54, 1.807) is 31.3 Å². The van der Waals surface area contributed by atoms with Crippen LogP contribution in [0.2, 0.25) is 5.02 Å². The molecule has 0 atom stereocenters. The van der Waals surface area contributed by atoms with E-state index in [0.29, 0.717) is 24.9 Å². The van der Waals surface area contributed by atoms with Gasteiger partial charge in [0.2, 0.25) is 0 Å². The number of thioether (sulfide) groups is 1. The van der Waals surface area contributed by atoms with Crippen molar-refractivity contribution in [3.63, 3.8) is 0 Å². The van der Waals surface area contributed by atoms with Gasteiger partial charge in [0.25, 0.3) is 5.91 Å². The highest BCUT2D eigenvalue weighted by atomic mass is 35.5. The maximum Gasteiger partial charge on any atom is 0.355 e. The van der Waals surface area contributed by atoms with Crippen LogP contribution in [0, 0.1) is 6.92 Å². The number of esters is 1. The average molecular weight is 490 g/mol. The summed E-state index contributed by atoms with van der Waals surface area (Å²) in [5.74, 6) is -0.0829. The second kappa shape index (κ2) is 8.63. The van der Waals surface area contributed by atoms with Crippen molar-refractivity contribution in [2.45, 2.75) is 6.92 Å². The van der Waals surface area contributed by atoms with Gasteiger partial charge in [0, 0.05) is 17.1 Å². The molecule has 3 aromatic rings. The van der Waals surface area contributed by atoms with Crippen LogP contribution in [0.3, 0.4) is 0 Å². The second-order valence-electron chi connectivity index (χ2n) is 6.79. The van der Waals surface area contributed by atoms with E-state index in [1.807, 2.05) is 25.1 Å². The van der Waals surface area contributed by atoms with Crippen molar-refractivity contribution in [3.8, 4) is 11.5 Å². The molecule has 1 aromatic heterocycles. The zero-order valence-electron chi connectivity index (χ0n) is 16.7. The van der Waals surface area contributed by atoms with E-state index in [4.69, 9.17) is 33.3 Å². The first kappa shape index (κ1) is 21.8. The molecule has 0 bridgehead atoms. The van der Waals surface area contributed by atoms with Crippen LogP contribution in [0.25, 0.3) is 16.2 Å². The molecule has 2 heterocycles. The number of rotatable bonds is 4. The van der Waals surface area contributed by atoms with Gasteiger partial charge in [-0.2, -0.15) is 0 Å². The molecule has 1 saturated heterocycles. The Hall–Kier alpha value is -2.39. The first-order valence-corrected chi connectivity index (χ1v) is 11.5. The van der Waals surface area contributed by atoms with E-state index in [9.17, 15) is 9.59 Å². The molecule has 2 aromatic carbocycles. The number of nitrogens with zero attached hydrogens (tertiary/aromatic N) is 1. The highest BCUT2D eigenvalue weighted by Crippen LogP contribution is 2.38. The van der Waals surface area contributed by atoms with E-state index in [2.05, 4.69) is 0 Å². The molecule has 0 spiro atoms. The van der Waals surface area contributed by atoms with Crippen LogP contribution in [0.4, 0.5) is 0 Å². The quantitative estimate of drug-likeness (QED) is 0.196. The average Bonchev–Trinajstić information content (AvgIpc) is 3.19. The van der Waals surface area contributed by atoms with E-state index >= 15 is 0 Å². The summed E-state index contributed by atoms with van der Waals surface area (Å²) in [4.78, 5) is 27.3. The molecule has 1 amide bonds. The fraction of sp³-hybridized carbons (Fsp3) is 0.136. The van der Waals surface area contributed by atoms with Crippen LogP contribution < -0.4 is 9.47 Å². The molecule has 0 aliphatic carbocycles. The van der Waals surface area contributed by atoms with Crippen LogP contribution in [0.1, 0.15) is 20.8 Å². The second-order valence-corrected chi connectivity index (χ2v) is 9.89. The van der Waals surface area contributed by atoms with E-state index < -0.39 is 5.97 Å². The highest BCUT2D eigenvalue weighted by molar-refractivity contribution is 8.26. The number of hydrogen-bond donors (Lipinski definition) is 0. The third-order valence-corrected chi connectivity index (χ3v) is 7.77. The lowest BCUT2D eigenvalue weighted by molar-refractivity contribution is -0.121. The SMILES string of the molecule is COc1cc(C=C2SC(=S)N(C)C2=O)ccc1OC(=O)c1sc2cc(C)ccc2c1Cl. The molecule has 0 saturated carbocycles. The summed E-state index contributed by atoms with van der Waals surface area (Å²) in [5.41, 5.74) is 1.81. The molecular weight excluding hydrogens is 474 g/mol. The van der Waals surface area contributed by atoms with Crippen molar-refractivity contribution in [2.75, 3.05) is 14.2 Å². The van der Waals surface area contributed by atoms with Gasteiger partial charge >= 0.3 is 5.97 Å². The fourth-order valence-corrected chi connectivity index (χ4v) is 5.67. The van der Waals surface area contributed by atoms with Gasteiger partial charge in [0.15, 0.2) is 11.5 Å². The molecule has 1 aliphatic heterocycles. The minimum absolute atomic E-state index is 0.154. The number of fused-ring (bicyclic) bond motifs is 1. The number of thiophene rings is 1. The normalized spacial score (nSPS) is 15.2. The van der Waals surface area contributed by atoms with Gasteiger partial charge in [-0.1, -0.05) is 53.8 Å². The van der Waals surface area contributed by atoms with Gasteiger partial charge in [-0.15, -0.1) is 11.3 Å². The Labute approximate surface area is 197 Å². The lowest BCUT2D eigenvalue weighted by atomic mass is 10.2. The van der Waals surface area contributed by atoms with Gasteiger partial charge in [0.1, 0.15) is 9.20 Å². The molecule has 0 radical (unpaired) electrons. The van der Waals surface area contributed by atoms with Crippen molar-refractivity contribution in [2.24, 2.45) is 0 Å². The predicted octanol–water partition coefficient (Wildman–Crippen LogP) is 5.92. The third-order valence-electron chi connectivity index (χ3n) is 4.64. The van der Waals surface area contributed by atoms with Crippen molar-refractivity contribution >= 4 is 79.3 Å². The molecule has 0 unspecified atom stereocenters. The Balaban J connectivity index is 1.61. The topological polar surface area (TPSA) is 55.8 Å². The minimum atomic E-state index is -0.554. The van der Waals surface area contributed by atoms with E-state index in [0.717, 1.165) is 21.2 Å². The number of amides is 1. The number of thiocarbonyl (C=S) groups is 1. The van der Waals surface area contributed by atoms with Crippen LogP contribution in [-0.2, 0) is 4.79 Å². The summed E-state index contributed by atoms with van der Waals surface area (Å²) >= 11 is 14.1. The number of methoxy groups -OCH3 is 1. The maximum absolute atomic E-state index is 12.8. The lowest BCUT2D eigenvalue weighted by Gasteiger charge is -2.10. The molecule has 9 heteroatoms. The van der Waals surface area contributed by atoms with Crippen molar-refractivity contribution in [1.29, 1.82) is 0 Å². The maximum atomic E-state index is 12.8. The number of benzene rings is 2. The number of likely N-dealkylation sites (N-methyl/N-ethyl adjacent to an activating group) is 1. The van der Waals surface area contributed by atoms with Crippen molar-refractivity contribution in [1.82, 2.24) is 4.90 Å². The number of ether oxygens (including phenoxy) is 2. The summed E-state index contributed by atoms with van der Waals surface area (Å²) in [6.45, 7) is 1.98. The monoisotopic (exact) mass is 489 g/mol. The van der Waals surface area contributed by atoms with E-state index in [-0.39, 0.29) is 11.7 Å². The molecule has 158 valence electrons. The molecule has 1 fully saturated rings. The van der Waals surface area contributed by atoms with Crippen molar-refractivity contribution in [3.05, 3.63) is 62.3 Å². The summed E-state index contributed by atoms with van der Waals surface area (Å²) in [6.07, 6.45) is 1.72. The summed E-state index contributed by atoms with van der Waals surface area (Å²) in [7, 11) is 3.12. The molecule has 31 heavy (non-hydrogen) atoms. The van der Waals surface area contributed by atoms with Gasteiger partial charge in [-0.3, -0.25) is 9.69 Å². The molecule has 0 N–H and O–H groups in total. The zero-order valence-corrected chi connectivity index (χ0v) is 19.9. The van der Waals surface area contributed by atoms with Gasteiger partial charge in [-0.05, 0) is 42.3 Å². The number of hydrogen-bond acceptors (Lipinski definition) is 7. The number of aryl methyl sites for hydroxylation is 1. The lowest BCUT2D eigenvalue weighted by Crippen LogP contribution is -2.22. The standard InChI is InChI=1S/C22H16ClNO4S3/c1-11-4-6-13-16(8-11)30-19(18(13)23)21(26)28-14-7-5-12(9-15(14)27-3)10-17-20(25)24(2)22(29)31-17/h4-10H,1-3H3. The fourth-order valence-electron chi connectivity index (χ4n) is 3.01. The first-order valence-electron chi connectivity index (χ1n) is 9.09. The third kappa shape index (κ3) is 4.21. The highest BCUT2D eigenvalue weighted by Gasteiger charge is 2.28. The Bertz CT molecular complexity index is 1280. The number of carbonyl (C=O) groups excluding carboxylic acids is 2. The Morgan fingerprint density at radius 2 is 1.97 bits per heavy atom. The van der Waals surface area contributed by atoms with Gasteiger partial charge in [-0.25, -0.2) is 4.79 Å². The van der Waals surface area contributed by atoms with Gasteiger partial charge in [0.05, 0.1) is 17.0 Å². The number of carbonyl (C=O) groups is 2. The van der Waals surface area contributed by atoms with Crippen LogP contribution >= 0.6 is 46.9 Å². The van der Waals surface area contributed by atoms with E-state index in [1.165, 1.54) is 35.1 Å². The summed E-state index contributed by atoms with van der Waals surface area (Å²) < 4.78 is 12.4. The van der Waals surface area contributed by atoms with Crippen LogP contribution in [0.15, 0.2) is 41.3 Å². The minimum Gasteiger partial charge on any atom is -0.493 e. The molecule has 4 rings (SSSR count). The zero-order chi connectivity index (χ0) is 22.3. The summed E-state index contributed by atoms with van der Waals surface area (Å²) in [5, 5.41) is 1.20. The Kier molecular flexibility index (Phi) is 6.07. The molecule has 5 nitrogen and oxygen atoms in total. The van der Waals surface area contributed by atoms with Gasteiger partial charge < -0.3 is 9.47 Å². The first-order chi connectivity index (χ1) is 14.8. The predicted molar refractivity (Wildman–Crippen MR) is 130 cm³/mol. The molecular formula is C22H16ClNO4S3. The summed E-state index contributed by atoms with van der Waals surface area (Å²) in [6, 6.07) is 10.9. The Morgan fingerprint density at radius 3 is 2.65 bits per heavy atom. The van der Waals surface area contributed by atoms with Crippen LogP contribution in [0.5, 0.6) is 11.5 Å². The van der Waals surface area contributed by atoms with Crippen molar-refractivity contribution < 1.29 is 19.1 Å². The van der Waals surface area contributed by atoms with Crippen LogP contribution in [-0.4, -0.2) is 35.3 Å². The Morgan fingerprint density at radius 1 is 1.19 bits per heavy atom. The molecule has 1 aliphatic rings. The number of halogens is 1. The largest absolute Gasteiger partial charge is 0.493 e. The smallest absolute Gasteiger partial charge is 0.355 e.